The summed E-state index contributed by atoms with van der Waals surface area (Å²) in [6.45, 7) is 0. The molecule has 0 aliphatic carbocycles. The fraction of sp³-hybridized carbons (Fsp3) is 0.750. The number of halogens is 4. The van der Waals surface area contributed by atoms with Gasteiger partial charge < -0.3 is 5.73 Å². The molecule has 1 amide bonds. The van der Waals surface area contributed by atoms with Crippen LogP contribution in [-0.4, -0.2) is 15.1 Å². The average molecular weight is 225 g/mol. The molecule has 0 aromatic rings. The Morgan fingerprint density at radius 3 is 2.00 bits per heavy atom. The summed E-state index contributed by atoms with van der Waals surface area (Å²) < 4.78 is -1.63. The van der Waals surface area contributed by atoms with Gasteiger partial charge in [0.15, 0.2) is 0 Å². The van der Waals surface area contributed by atoms with E-state index >= 15 is 0 Å². The molecule has 1 atom stereocenters. The van der Waals surface area contributed by atoms with E-state index in [-0.39, 0.29) is 6.42 Å². The molecule has 2 N–H and O–H groups in total. The van der Waals surface area contributed by atoms with E-state index in [4.69, 9.17) is 52.1 Å². The molecule has 0 aromatic heterocycles. The van der Waals surface area contributed by atoms with E-state index in [1.807, 2.05) is 0 Å². The van der Waals surface area contributed by atoms with Gasteiger partial charge in [-0.15, -0.1) is 11.6 Å². The third kappa shape index (κ3) is 4.45. The molecule has 6 heteroatoms. The fourth-order valence-electron chi connectivity index (χ4n) is 0.292. The van der Waals surface area contributed by atoms with Crippen molar-refractivity contribution in [3.8, 4) is 0 Å². The Hall–Kier alpha value is 0.630. The van der Waals surface area contributed by atoms with Crippen LogP contribution in [0.2, 0.25) is 0 Å². The van der Waals surface area contributed by atoms with Gasteiger partial charge in [0.05, 0.1) is 5.38 Å². The number of hydrogen-bond donors (Lipinski definition) is 1. The highest BCUT2D eigenvalue weighted by Gasteiger charge is 2.31. The zero-order valence-electron chi connectivity index (χ0n) is 4.78. The van der Waals surface area contributed by atoms with Crippen molar-refractivity contribution in [3.63, 3.8) is 0 Å². The molecule has 0 radical (unpaired) electrons. The van der Waals surface area contributed by atoms with Crippen LogP contribution < -0.4 is 5.73 Å². The Morgan fingerprint density at radius 1 is 1.50 bits per heavy atom. The largest absolute Gasteiger partial charge is 0.370 e. The molecule has 0 bridgehead atoms. The predicted molar refractivity (Wildman–Crippen MR) is 43.7 cm³/mol. The second-order valence-electron chi connectivity index (χ2n) is 1.68. The van der Waals surface area contributed by atoms with Gasteiger partial charge in [0.2, 0.25) is 9.70 Å². The minimum atomic E-state index is -1.63. The highest BCUT2D eigenvalue weighted by atomic mass is 35.6. The number of primary amides is 1. The predicted octanol–water partition coefficient (Wildman–Crippen LogP) is 1.84. The maximum atomic E-state index is 10.2. The smallest absolute Gasteiger partial charge is 0.219 e. The highest BCUT2D eigenvalue weighted by molar-refractivity contribution is 6.70. The molecular formula is C4H5Cl4NO. The standard InChI is InChI=1S/C4H5Cl4NO/c5-2(1-3(9)10)4(6,7)8/h2H,1H2,(H2,9,10). The van der Waals surface area contributed by atoms with Crippen molar-refractivity contribution in [2.24, 2.45) is 5.73 Å². The summed E-state index contributed by atoms with van der Waals surface area (Å²) in [6, 6.07) is 0. The van der Waals surface area contributed by atoms with Crippen molar-refractivity contribution in [2.45, 2.75) is 15.6 Å². The number of carbonyl (C=O) groups is 1. The van der Waals surface area contributed by atoms with Crippen molar-refractivity contribution >= 4 is 52.3 Å². The quantitative estimate of drug-likeness (QED) is 0.715. The van der Waals surface area contributed by atoms with Gasteiger partial charge >= 0.3 is 0 Å². The summed E-state index contributed by atoms with van der Waals surface area (Å²) in [6.07, 6.45) is -0.141. The topological polar surface area (TPSA) is 43.1 Å². The first-order valence-electron chi connectivity index (χ1n) is 2.33. The van der Waals surface area contributed by atoms with Crippen molar-refractivity contribution in [2.75, 3.05) is 0 Å². The van der Waals surface area contributed by atoms with Gasteiger partial charge in [-0.3, -0.25) is 4.79 Å². The number of rotatable bonds is 2. The van der Waals surface area contributed by atoms with Gasteiger partial charge in [0, 0.05) is 6.42 Å². The molecule has 10 heavy (non-hydrogen) atoms. The van der Waals surface area contributed by atoms with Crippen LogP contribution in [0.3, 0.4) is 0 Å². The molecule has 0 saturated carbocycles. The van der Waals surface area contributed by atoms with Gasteiger partial charge in [0.1, 0.15) is 0 Å². The first-order chi connectivity index (χ1) is 4.34. The van der Waals surface area contributed by atoms with E-state index in [0.29, 0.717) is 0 Å². The number of carbonyl (C=O) groups excluding carboxylic acids is 1. The molecule has 0 spiro atoms. The van der Waals surface area contributed by atoms with Crippen LogP contribution in [0, 0.1) is 0 Å². The lowest BCUT2D eigenvalue weighted by Crippen LogP contribution is -2.26. The average Bonchev–Trinajstić information content (AvgIpc) is 1.60. The van der Waals surface area contributed by atoms with Crippen LogP contribution in [0.25, 0.3) is 0 Å². The Morgan fingerprint density at radius 2 is 1.90 bits per heavy atom. The Bertz CT molecular complexity index is 132. The van der Waals surface area contributed by atoms with E-state index in [1.54, 1.807) is 0 Å². The maximum Gasteiger partial charge on any atom is 0.219 e. The van der Waals surface area contributed by atoms with E-state index in [9.17, 15) is 4.79 Å². The molecule has 0 aliphatic heterocycles. The lowest BCUT2D eigenvalue weighted by atomic mass is 10.3. The van der Waals surface area contributed by atoms with Crippen LogP contribution in [-0.2, 0) is 4.79 Å². The number of hydrogen-bond acceptors (Lipinski definition) is 1. The second kappa shape index (κ2) is 3.86. The van der Waals surface area contributed by atoms with Gasteiger partial charge in [-0.2, -0.15) is 0 Å². The molecule has 60 valence electrons. The van der Waals surface area contributed by atoms with Gasteiger partial charge in [-0.25, -0.2) is 0 Å². The van der Waals surface area contributed by atoms with Crippen molar-refractivity contribution in [1.82, 2.24) is 0 Å². The summed E-state index contributed by atoms with van der Waals surface area (Å²) in [7, 11) is 0. The molecule has 0 rings (SSSR count). The Labute approximate surface area is 78.5 Å². The third-order valence-electron chi connectivity index (χ3n) is 0.736. The number of alkyl halides is 4. The van der Waals surface area contributed by atoms with Crippen molar-refractivity contribution in [3.05, 3.63) is 0 Å². The van der Waals surface area contributed by atoms with Gasteiger partial charge in [-0.1, -0.05) is 34.8 Å². The molecule has 2 nitrogen and oxygen atoms in total. The third-order valence-corrected chi connectivity index (χ3v) is 2.34. The number of nitrogens with two attached hydrogens (primary N) is 1. The monoisotopic (exact) mass is 223 g/mol. The molecule has 0 heterocycles. The van der Waals surface area contributed by atoms with E-state index in [2.05, 4.69) is 0 Å². The molecule has 0 aliphatic rings. The summed E-state index contributed by atoms with van der Waals surface area (Å²) in [5, 5.41) is -0.866. The molecule has 0 saturated heterocycles. The van der Waals surface area contributed by atoms with E-state index in [0.717, 1.165) is 0 Å². The zero-order chi connectivity index (χ0) is 8.36. The first-order valence-corrected chi connectivity index (χ1v) is 3.90. The molecular weight excluding hydrogens is 220 g/mol. The highest BCUT2D eigenvalue weighted by Crippen LogP contribution is 2.35. The van der Waals surface area contributed by atoms with Crippen LogP contribution in [0.15, 0.2) is 0 Å². The minimum absolute atomic E-state index is 0.141. The number of amides is 1. The summed E-state index contributed by atoms with van der Waals surface area (Å²) in [5.41, 5.74) is 4.79. The SMILES string of the molecule is NC(=O)CC(Cl)C(Cl)(Cl)Cl. The summed E-state index contributed by atoms with van der Waals surface area (Å²) in [4.78, 5) is 10.2. The Kier molecular flexibility index (Phi) is 4.10. The molecule has 0 fully saturated rings. The Balaban J connectivity index is 3.85. The first kappa shape index (κ1) is 10.6. The van der Waals surface area contributed by atoms with E-state index in [1.165, 1.54) is 0 Å². The van der Waals surface area contributed by atoms with Gasteiger partial charge in [-0.05, 0) is 0 Å². The van der Waals surface area contributed by atoms with Gasteiger partial charge in [0.25, 0.3) is 0 Å². The van der Waals surface area contributed by atoms with Crippen LogP contribution in [0.5, 0.6) is 0 Å². The summed E-state index contributed by atoms with van der Waals surface area (Å²) in [5.74, 6) is -0.591. The maximum absolute atomic E-state index is 10.2. The van der Waals surface area contributed by atoms with Crippen molar-refractivity contribution in [1.29, 1.82) is 0 Å². The summed E-state index contributed by atoms with van der Waals surface area (Å²) >= 11 is 21.4. The second-order valence-corrected chi connectivity index (χ2v) is 4.58. The minimum Gasteiger partial charge on any atom is -0.370 e. The van der Waals surface area contributed by atoms with Crippen molar-refractivity contribution < 1.29 is 4.79 Å². The molecule has 1 unspecified atom stereocenters. The normalized spacial score (nSPS) is 14.8. The molecule has 0 aromatic carbocycles. The van der Waals surface area contributed by atoms with E-state index < -0.39 is 15.1 Å². The van der Waals surface area contributed by atoms with Crippen LogP contribution >= 0.6 is 46.4 Å². The fourth-order valence-corrected chi connectivity index (χ4v) is 0.676. The van der Waals surface area contributed by atoms with Crippen LogP contribution in [0.4, 0.5) is 0 Å². The lowest BCUT2D eigenvalue weighted by molar-refractivity contribution is -0.118. The lowest BCUT2D eigenvalue weighted by Gasteiger charge is -2.15. The zero-order valence-corrected chi connectivity index (χ0v) is 7.81. The van der Waals surface area contributed by atoms with Crippen LogP contribution in [0.1, 0.15) is 6.42 Å².